The maximum Gasteiger partial charge on any atom is 0.337 e. The van der Waals surface area contributed by atoms with Crippen LogP contribution in [0.4, 0.5) is 5.82 Å². The van der Waals surface area contributed by atoms with Crippen LogP contribution in [0.15, 0.2) is 18.3 Å². The van der Waals surface area contributed by atoms with E-state index < -0.39 is 5.97 Å². The van der Waals surface area contributed by atoms with Crippen LogP contribution < -0.4 is 4.90 Å². The molecule has 2 atom stereocenters. The first-order valence-electron chi connectivity index (χ1n) is 6.00. The van der Waals surface area contributed by atoms with Gasteiger partial charge in [0.15, 0.2) is 0 Å². The van der Waals surface area contributed by atoms with Crippen molar-refractivity contribution in [1.29, 1.82) is 0 Å². The average Bonchev–Trinajstić information content (AvgIpc) is 2.28. The lowest BCUT2D eigenvalue weighted by Crippen LogP contribution is -2.39. The van der Waals surface area contributed by atoms with Gasteiger partial charge >= 0.3 is 5.97 Å². The Morgan fingerprint density at radius 2 is 2.00 bits per heavy atom. The van der Waals surface area contributed by atoms with E-state index in [1.165, 1.54) is 12.6 Å². The Morgan fingerprint density at radius 3 is 2.47 bits per heavy atom. The van der Waals surface area contributed by atoms with E-state index in [4.69, 9.17) is 5.11 Å². The van der Waals surface area contributed by atoms with Crippen LogP contribution in [-0.2, 0) is 0 Å². The SMILES string of the molecule is CC1CC(C)CN(c2ccc(C(=O)O)cn2)C1. The van der Waals surface area contributed by atoms with Gasteiger partial charge in [0, 0.05) is 19.3 Å². The maximum absolute atomic E-state index is 10.7. The van der Waals surface area contributed by atoms with Gasteiger partial charge in [0.2, 0.25) is 0 Å². The second-order valence-electron chi connectivity index (χ2n) is 5.06. The first kappa shape index (κ1) is 11.9. The third-order valence-corrected chi connectivity index (χ3v) is 3.19. The standard InChI is InChI=1S/C13H18N2O2/c1-9-5-10(2)8-15(7-9)12-4-3-11(6-14-12)13(16)17/h3-4,6,9-10H,5,7-8H2,1-2H3,(H,16,17). The molecule has 0 saturated carbocycles. The molecule has 2 rings (SSSR count). The van der Waals surface area contributed by atoms with Crippen LogP contribution in [0.3, 0.4) is 0 Å². The summed E-state index contributed by atoms with van der Waals surface area (Å²) in [5.74, 6) is 1.29. The number of rotatable bonds is 2. The molecule has 1 N–H and O–H groups in total. The summed E-state index contributed by atoms with van der Waals surface area (Å²) in [6, 6.07) is 3.42. The van der Waals surface area contributed by atoms with Crippen LogP contribution in [0.2, 0.25) is 0 Å². The van der Waals surface area contributed by atoms with E-state index in [0.29, 0.717) is 11.8 Å². The highest BCUT2D eigenvalue weighted by molar-refractivity contribution is 5.87. The number of hydrogen-bond donors (Lipinski definition) is 1. The van der Waals surface area contributed by atoms with Crippen LogP contribution >= 0.6 is 0 Å². The first-order valence-corrected chi connectivity index (χ1v) is 6.00. The summed E-state index contributed by atoms with van der Waals surface area (Å²) >= 11 is 0. The summed E-state index contributed by atoms with van der Waals surface area (Å²) in [5, 5.41) is 8.82. The molecular weight excluding hydrogens is 216 g/mol. The van der Waals surface area contributed by atoms with Gasteiger partial charge in [0.05, 0.1) is 5.56 Å². The van der Waals surface area contributed by atoms with Crippen LogP contribution in [0.5, 0.6) is 0 Å². The van der Waals surface area contributed by atoms with Crippen molar-refractivity contribution in [2.45, 2.75) is 20.3 Å². The smallest absolute Gasteiger partial charge is 0.337 e. The summed E-state index contributed by atoms with van der Waals surface area (Å²) in [6.45, 7) is 6.50. The van der Waals surface area contributed by atoms with E-state index in [-0.39, 0.29) is 5.56 Å². The molecule has 17 heavy (non-hydrogen) atoms. The highest BCUT2D eigenvalue weighted by Crippen LogP contribution is 2.24. The highest BCUT2D eigenvalue weighted by Gasteiger charge is 2.22. The molecular formula is C13H18N2O2. The van der Waals surface area contributed by atoms with Gasteiger partial charge in [-0.2, -0.15) is 0 Å². The van der Waals surface area contributed by atoms with Crippen molar-refractivity contribution < 1.29 is 9.90 Å². The van der Waals surface area contributed by atoms with Crippen molar-refractivity contribution in [3.05, 3.63) is 23.9 Å². The molecule has 1 aliphatic heterocycles. The number of aromatic carboxylic acids is 1. The molecule has 4 nitrogen and oxygen atoms in total. The van der Waals surface area contributed by atoms with Crippen molar-refractivity contribution in [3.8, 4) is 0 Å². The zero-order valence-electron chi connectivity index (χ0n) is 10.3. The second-order valence-corrected chi connectivity index (χ2v) is 5.06. The molecule has 1 saturated heterocycles. The van der Waals surface area contributed by atoms with Gasteiger partial charge in [-0.3, -0.25) is 0 Å². The average molecular weight is 234 g/mol. The zero-order chi connectivity index (χ0) is 12.4. The lowest BCUT2D eigenvalue weighted by molar-refractivity contribution is 0.0696. The Labute approximate surface area is 101 Å². The Balaban J connectivity index is 2.14. The number of anilines is 1. The van der Waals surface area contributed by atoms with E-state index in [1.54, 1.807) is 12.1 Å². The fraction of sp³-hybridized carbons (Fsp3) is 0.538. The monoisotopic (exact) mass is 234 g/mol. The third-order valence-electron chi connectivity index (χ3n) is 3.19. The Morgan fingerprint density at radius 1 is 1.35 bits per heavy atom. The van der Waals surface area contributed by atoms with Crippen molar-refractivity contribution in [3.63, 3.8) is 0 Å². The largest absolute Gasteiger partial charge is 0.478 e. The molecule has 0 spiro atoms. The predicted molar refractivity (Wildman–Crippen MR) is 66.4 cm³/mol. The summed E-state index contributed by atoms with van der Waals surface area (Å²) in [5.41, 5.74) is 0.242. The van der Waals surface area contributed by atoms with E-state index in [2.05, 4.69) is 23.7 Å². The second kappa shape index (κ2) is 4.73. The summed E-state index contributed by atoms with van der Waals surface area (Å²) in [7, 11) is 0. The molecule has 1 fully saturated rings. The minimum atomic E-state index is -0.926. The van der Waals surface area contributed by atoms with Gasteiger partial charge in [-0.05, 0) is 30.4 Å². The summed E-state index contributed by atoms with van der Waals surface area (Å²) < 4.78 is 0. The molecule has 2 unspecified atom stereocenters. The number of piperidine rings is 1. The number of carboxylic acids is 1. The number of carboxylic acid groups (broad SMARTS) is 1. The van der Waals surface area contributed by atoms with Crippen molar-refractivity contribution in [2.24, 2.45) is 11.8 Å². The Hall–Kier alpha value is -1.58. The van der Waals surface area contributed by atoms with Crippen LogP contribution in [0.1, 0.15) is 30.6 Å². The first-order chi connectivity index (χ1) is 8.06. The van der Waals surface area contributed by atoms with E-state index in [9.17, 15) is 4.79 Å². The van der Waals surface area contributed by atoms with Gasteiger partial charge in [0.25, 0.3) is 0 Å². The Kier molecular flexibility index (Phi) is 3.31. The van der Waals surface area contributed by atoms with E-state index in [1.807, 2.05) is 0 Å². The maximum atomic E-state index is 10.7. The van der Waals surface area contributed by atoms with Crippen molar-refractivity contribution in [2.75, 3.05) is 18.0 Å². The number of carbonyl (C=O) groups is 1. The molecule has 1 aromatic rings. The van der Waals surface area contributed by atoms with Crippen molar-refractivity contribution in [1.82, 2.24) is 4.98 Å². The highest BCUT2D eigenvalue weighted by atomic mass is 16.4. The lowest BCUT2D eigenvalue weighted by Gasteiger charge is -2.35. The normalized spacial score (nSPS) is 24.7. The van der Waals surface area contributed by atoms with Gasteiger partial charge < -0.3 is 10.0 Å². The number of aromatic nitrogens is 1. The molecule has 4 heteroatoms. The minimum Gasteiger partial charge on any atom is -0.478 e. The summed E-state index contributed by atoms with van der Waals surface area (Å²) in [6.07, 6.45) is 2.69. The minimum absolute atomic E-state index is 0.242. The van der Waals surface area contributed by atoms with Gasteiger partial charge in [-0.25, -0.2) is 9.78 Å². The molecule has 92 valence electrons. The van der Waals surface area contributed by atoms with Crippen LogP contribution in [0.25, 0.3) is 0 Å². The van der Waals surface area contributed by atoms with Gasteiger partial charge in [-0.1, -0.05) is 13.8 Å². The van der Waals surface area contributed by atoms with Gasteiger partial charge in [0.1, 0.15) is 5.82 Å². The quantitative estimate of drug-likeness (QED) is 0.852. The van der Waals surface area contributed by atoms with Crippen LogP contribution in [-0.4, -0.2) is 29.1 Å². The molecule has 0 aromatic carbocycles. The van der Waals surface area contributed by atoms with Crippen LogP contribution in [0, 0.1) is 11.8 Å². The topological polar surface area (TPSA) is 53.4 Å². The zero-order valence-corrected chi connectivity index (χ0v) is 10.3. The molecule has 0 radical (unpaired) electrons. The molecule has 0 amide bonds. The lowest BCUT2D eigenvalue weighted by atomic mass is 9.92. The van der Waals surface area contributed by atoms with Crippen molar-refractivity contribution >= 4 is 11.8 Å². The molecule has 2 heterocycles. The molecule has 0 bridgehead atoms. The predicted octanol–water partition coefficient (Wildman–Crippen LogP) is 2.26. The third kappa shape index (κ3) is 2.75. The van der Waals surface area contributed by atoms with Gasteiger partial charge in [-0.15, -0.1) is 0 Å². The number of nitrogens with zero attached hydrogens (tertiary/aromatic N) is 2. The number of pyridine rings is 1. The molecule has 0 aliphatic carbocycles. The molecule has 1 aromatic heterocycles. The van der Waals surface area contributed by atoms with E-state index >= 15 is 0 Å². The molecule has 1 aliphatic rings. The number of hydrogen-bond acceptors (Lipinski definition) is 3. The van der Waals surface area contributed by atoms with E-state index in [0.717, 1.165) is 18.9 Å². The fourth-order valence-electron chi connectivity index (χ4n) is 2.55. The summed E-state index contributed by atoms with van der Waals surface area (Å²) in [4.78, 5) is 17.2. The Bertz CT molecular complexity index is 392. The fourth-order valence-corrected chi connectivity index (χ4v) is 2.55.